The first kappa shape index (κ1) is 22.8. The number of carbonyl (C=O) groups excluding carboxylic acids is 1. The fourth-order valence-corrected chi connectivity index (χ4v) is 5.43. The first-order chi connectivity index (χ1) is 15.4. The normalized spacial score (nSPS) is 19.5. The molecule has 172 valence electrons. The number of amides is 2. The van der Waals surface area contributed by atoms with Crippen LogP contribution in [0.15, 0.2) is 53.4 Å². The van der Waals surface area contributed by atoms with E-state index in [9.17, 15) is 13.2 Å². The maximum Gasteiger partial charge on any atom is 0.317 e. The van der Waals surface area contributed by atoms with Crippen LogP contribution in [0.4, 0.5) is 4.79 Å². The van der Waals surface area contributed by atoms with Gasteiger partial charge in [0.05, 0.1) is 4.90 Å². The van der Waals surface area contributed by atoms with Gasteiger partial charge in [-0.3, -0.25) is 0 Å². The van der Waals surface area contributed by atoms with Crippen molar-refractivity contribution in [3.63, 3.8) is 0 Å². The average molecular weight is 457 g/mol. The van der Waals surface area contributed by atoms with Gasteiger partial charge in [-0.05, 0) is 61.6 Å². The molecular weight excluding hydrogens is 424 g/mol. The molecular formula is C24H32N4O3S. The number of carbonyl (C=O) groups is 1. The predicted octanol–water partition coefficient (Wildman–Crippen LogP) is 2.68. The minimum atomic E-state index is -3.61. The SMILES string of the molecule is CC1CCCN1CCc1ccc(-c2ccc(S(=O)(=O)NCCN3CCNC3=O)cc2)cc1. The molecule has 0 aliphatic carbocycles. The van der Waals surface area contributed by atoms with Crippen LogP contribution in [-0.2, 0) is 16.4 Å². The molecule has 0 radical (unpaired) electrons. The van der Waals surface area contributed by atoms with E-state index in [1.54, 1.807) is 17.0 Å². The minimum Gasteiger partial charge on any atom is -0.336 e. The van der Waals surface area contributed by atoms with Crippen molar-refractivity contribution in [2.45, 2.75) is 37.1 Å². The molecule has 4 rings (SSSR count). The zero-order valence-corrected chi connectivity index (χ0v) is 19.4. The lowest BCUT2D eigenvalue weighted by Gasteiger charge is -2.20. The average Bonchev–Trinajstić information content (AvgIpc) is 3.40. The molecule has 2 N–H and O–H groups in total. The summed E-state index contributed by atoms with van der Waals surface area (Å²) in [6, 6.07) is 16.0. The van der Waals surface area contributed by atoms with Crippen molar-refractivity contribution in [2.24, 2.45) is 0 Å². The molecule has 2 fully saturated rings. The van der Waals surface area contributed by atoms with Crippen LogP contribution in [0.3, 0.4) is 0 Å². The standard InChI is InChI=1S/C24H32N4O3S/c1-19-3-2-15-27(19)16-12-20-4-6-21(7-5-20)22-8-10-23(11-9-22)32(30,31)26-14-18-28-17-13-25-24(28)29/h4-11,19,26H,2-3,12-18H2,1H3,(H,25,29). The zero-order valence-electron chi connectivity index (χ0n) is 18.6. The number of nitrogens with one attached hydrogen (secondary N) is 2. The van der Waals surface area contributed by atoms with Crippen molar-refractivity contribution in [2.75, 3.05) is 39.3 Å². The Labute approximate surface area is 190 Å². The van der Waals surface area contributed by atoms with Crippen LogP contribution in [0.1, 0.15) is 25.3 Å². The monoisotopic (exact) mass is 456 g/mol. The molecule has 2 amide bonds. The first-order valence-electron chi connectivity index (χ1n) is 11.4. The lowest BCUT2D eigenvalue weighted by molar-refractivity contribution is 0.218. The second-order valence-corrected chi connectivity index (χ2v) is 10.4. The van der Waals surface area contributed by atoms with E-state index < -0.39 is 10.0 Å². The smallest absolute Gasteiger partial charge is 0.317 e. The Hall–Kier alpha value is -2.42. The molecule has 8 heteroatoms. The van der Waals surface area contributed by atoms with E-state index in [-0.39, 0.29) is 17.5 Å². The van der Waals surface area contributed by atoms with Crippen molar-refractivity contribution in [1.82, 2.24) is 19.8 Å². The third kappa shape index (κ3) is 5.49. The molecule has 2 aromatic rings. The molecule has 2 saturated heterocycles. The molecule has 7 nitrogen and oxygen atoms in total. The second-order valence-electron chi connectivity index (χ2n) is 8.62. The third-order valence-electron chi connectivity index (χ3n) is 6.45. The summed E-state index contributed by atoms with van der Waals surface area (Å²) in [6.07, 6.45) is 3.65. The van der Waals surface area contributed by atoms with E-state index in [0.29, 0.717) is 25.7 Å². The fourth-order valence-electron chi connectivity index (χ4n) is 4.41. The van der Waals surface area contributed by atoms with Gasteiger partial charge in [0, 0.05) is 38.8 Å². The Morgan fingerprint density at radius 1 is 1.00 bits per heavy atom. The van der Waals surface area contributed by atoms with Crippen molar-refractivity contribution in [3.8, 4) is 11.1 Å². The highest BCUT2D eigenvalue weighted by Gasteiger charge is 2.21. The van der Waals surface area contributed by atoms with Gasteiger partial charge in [0.25, 0.3) is 0 Å². The molecule has 0 spiro atoms. The quantitative estimate of drug-likeness (QED) is 0.608. The molecule has 0 bridgehead atoms. The Bertz CT molecular complexity index is 1020. The summed E-state index contributed by atoms with van der Waals surface area (Å²) < 4.78 is 27.7. The third-order valence-corrected chi connectivity index (χ3v) is 7.93. The number of urea groups is 1. The number of nitrogens with zero attached hydrogens (tertiary/aromatic N) is 2. The summed E-state index contributed by atoms with van der Waals surface area (Å²) >= 11 is 0. The van der Waals surface area contributed by atoms with Gasteiger partial charge in [-0.1, -0.05) is 36.4 Å². The largest absolute Gasteiger partial charge is 0.336 e. The van der Waals surface area contributed by atoms with E-state index in [1.165, 1.54) is 24.9 Å². The van der Waals surface area contributed by atoms with Crippen LogP contribution in [0, 0.1) is 0 Å². The summed E-state index contributed by atoms with van der Waals surface area (Å²) in [5.41, 5.74) is 3.38. The van der Waals surface area contributed by atoms with Crippen molar-refractivity contribution < 1.29 is 13.2 Å². The number of rotatable bonds is 9. The summed E-state index contributed by atoms with van der Waals surface area (Å²) in [5.74, 6) is 0. The number of hydrogen-bond acceptors (Lipinski definition) is 4. The Balaban J connectivity index is 1.31. The molecule has 2 heterocycles. The van der Waals surface area contributed by atoms with Crippen LogP contribution in [0.2, 0.25) is 0 Å². The molecule has 32 heavy (non-hydrogen) atoms. The van der Waals surface area contributed by atoms with Gasteiger partial charge >= 0.3 is 6.03 Å². The van der Waals surface area contributed by atoms with E-state index in [0.717, 1.165) is 24.1 Å². The van der Waals surface area contributed by atoms with E-state index >= 15 is 0 Å². The molecule has 0 aromatic heterocycles. The molecule has 2 aromatic carbocycles. The summed E-state index contributed by atoms with van der Waals surface area (Å²) in [4.78, 5) is 15.9. The van der Waals surface area contributed by atoms with Crippen LogP contribution in [0.25, 0.3) is 11.1 Å². The predicted molar refractivity (Wildman–Crippen MR) is 126 cm³/mol. The van der Waals surface area contributed by atoms with Gasteiger partial charge < -0.3 is 15.1 Å². The fraction of sp³-hybridized carbons (Fsp3) is 0.458. The van der Waals surface area contributed by atoms with Crippen LogP contribution in [0.5, 0.6) is 0 Å². The molecule has 1 unspecified atom stereocenters. The number of sulfonamides is 1. The van der Waals surface area contributed by atoms with E-state index in [4.69, 9.17) is 0 Å². The van der Waals surface area contributed by atoms with Crippen LogP contribution >= 0.6 is 0 Å². The lowest BCUT2D eigenvalue weighted by atomic mass is 10.0. The van der Waals surface area contributed by atoms with Crippen LogP contribution < -0.4 is 10.0 Å². The number of benzene rings is 2. The summed E-state index contributed by atoms with van der Waals surface area (Å²) in [5, 5.41) is 2.70. The Morgan fingerprint density at radius 2 is 1.69 bits per heavy atom. The maximum atomic E-state index is 12.5. The lowest BCUT2D eigenvalue weighted by Crippen LogP contribution is -2.36. The zero-order chi connectivity index (χ0) is 22.6. The Morgan fingerprint density at radius 3 is 2.28 bits per heavy atom. The van der Waals surface area contributed by atoms with Crippen LogP contribution in [-0.4, -0.2) is 69.6 Å². The van der Waals surface area contributed by atoms with Crippen molar-refractivity contribution in [1.29, 1.82) is 0 Å². The van der Waals surface area contributed by atoms with E-state index in [2.05, 4.69) is 46.1 Å². The maximum absolute atomic E-state index is 12.5. The van der Waals surface area contributed by atoms with Gasteiger partial charge in [0.2, 0.25) is 10.0 Å². The van der Waals surface area contributed by atoms with Gasteiger partial charge in [0.1, 0.15) is 0 Å². The van der Waals surface area contributed by atoms with Gasteiger partial charge in [-0.2, -0.15) is 0 Å². The topological polar surface area (TPSA) is 81.8 Å². The molecule has 1 atom stereocenters. The minimum absolute atomic E-state index is 0.148. The van der Waals surface area contributed by atoms with E-state index in [1.807, 2.05) is 12.1 Å². The molecule has 2 aliphatic rings. The molecule has 0 saturated carbocycles. The summed E-state index contributed by atoms with van der Waals surface area (Å²) in [6.45, 7) is 6.36. The van der Waals surface area contributed by atoms with Gasteiger partial charge in [-0.15, -0.1) is 0 Å². The number of hydrogen-bond donors (Lipinski definition) is 2. The summed E-state index contributed by atoms with van der Waals surface area (Å²) in [7, 11) is -3.61. The highest BCUT2D eigenvalue weighted by molar-refractivity contribution is 7.89. The molecule has 2 aliphatic heterocycles. The van der Waals surface area contributed by atoms with Gasteiger partial charge in [0.15, 0.2) is 0 Å². The Kier molecular flexibility index (Phi) is 7.13. The highest BCUT2D eigenvalue weighted by Crippen LogP contribution is 2.23. The number of likely N-dealkylation sites (tertiary alicyclic amines) is 1. The second kappa shape index (κ2) is 10.0. The van der Waals surface area contributed by atoms with Crippen molar-refractivity contribution >= 4 is 16.1 Å². The highest BCUT2D eigenvalue weighted by atomic mass is 32.2. The first-order valence-corrected chi connectivity index (χ1v) is 12.9. The van der Waals surface area contributed by atoms with Gasteiger partial charge in [-0.25, -0.2) is 17.9 Å². The van der Waals surface area contributed by atoms with Crippen molar-refractivity contribution in [3.05, 3.63) is 54.1 Å².